The van der Waals surface area contributed by atoms with E-state index < -0.39 is 0 Å². The summed E-state index contributed by atoms with van der Waals surface area (Å²) in [5, 5.41) is 3.30. The second-order valence-electron chi connectivity index (χ2n) is 4.98. The van der Waals surface area contributed by atoms with Crippen LogP contribution in [-0.4, -0.2) is 19.6 Å². The van der Waals surface area contributed by atoms with Gasteiger partial charge in [0.1, 0.15) is 22.9 Å². The molecule has 1 aromatic heterocycles. The standard InChI is InChI=1S/C18H16FNO3/c1-3-22-13-8-9-14-15(10-13)23-17(16(14)18(21)20-2)11-4-6-12(19)7-5-11/h4-10H,3H2,1-2H3,(H,20,21). The van der Waals surface area contributed by atoms with Gasteiger partial charge in [0, 0.05) is 24.1 Å². The van der Waals surface area contributed by atoms with Gasteiger partial charge in [-0.3, -0.25) is 4.79 Å². The van der Waals surface area contributed by atoms with Crippen molar-refractivity contribution in [1.82, 2.24) is 5.32 Å². The summed E-state index contributed by atoms with van der Waals surface area (Å²) in [6, 6.07) is 11.2. The van der Waals surface area contributed by atoms with Crippen molar-refractivity contribution in [2.45, 2.75) is 6.92 Å². The van der Waals surface area contributed by atoms with E-state index in [1.54, 1.807) is 37.4 Å². The second-order valence-corrected chi connectivity index (χ2v) is 4.98. The first kappa shape index (κ1) is 15.1. The Labute approximate surface area is 132 Å². The molecule has 0 aliphatic carbocycles. The Morgan fingerprint density at radius 1 is 1.22 bits per heavy atom. The van der Waals surface area contributed by atoms with Crippen LogP contribution in [0.1, 0.15) is 17.3 Å². The maximum Gasteiger partial charge on any atom is 0.255 e. The molecule has 1 heterocycles. The molecule has 0 unspecified atom stereocenters. The number of fused-ring (bicyclic) bond motifs is 1. The van der Waals surface area contributed by atoms with E-state index in [0.717, 1.165) is 0 Å². The summed E-state index contributed by atoms with van der Waals surface area (Å²) in [7, 11) is 1.56. The topological polar surface area (TPSA) is 51.5 Å². The van der Waals surface area contributed by atoms with Crippen molar-refractivity contribution in [2.24, 2.45) is 0 Å². The lowest BCUT2D eigenvalue weighted by molar-refractivity contribution is 0.0964. The molecule has 0 radical (unpaired) electrons. The highest BCUT2D eigenvalue weighted by atomic mass is 19.1. The van der Waals surface area contributed by atoms with E-state index in [0.29, 0.717) is 40.2 Å². The molecule has 0 atom stereocenters. The SMILES string of the molecule is CCOc1ccc2c(C(=O)NC)c(-c3ccc(F)cc3)oc2c1. The van der Waals surface area contributed by atoms with Crippen LogP contribution in [0.25, 0.3) is 22.3 Å². The molecule has 2 aromatic carbocycles. The van der Waals surface area contributed by atoms with Gasteiger partial charge in [-0.15, -0.1) is 0 Å². The van der Waals surface area contributed by atoms with Gasteiger partial charge in [0.25, 0.3) is 5.91 Å². The number of rotatable bonds is 4. The van der Waals surface area contributed by atoms with Crippen LogP contribution in [0.4, 0.5) is 4.39 Å². The van der Waals surface area contributed by atoms with Gasteiger partial charge in [0.05, 0.1) is 12.2 Å². The summed E-state index contributed by atoms with van der Waals surface area (Å²) < 4.78 is 24.5. The zero-order valence-corrected chi connectivity index (χ0v) is 12.9. The first-order valence-electron chi connectivity index (χ1n) is 7.31. The molecule has 0 saturated heterocycles. The van der Waals surface area contributed by atoms with Crippen molar-refractivity contribution in [3.63, 3.8) is 0 Å². The Morgan fingerprint density at radius 3 is 2.61 bits per heavy atom. The normalized spacial score (nSPS) is 10.7. The van der Waals surface area contributed by atoms with Gasteiger partial charge in [-0.1, -0.05) is 0 Å². The highest BCUT2D eigenvalue weighted by Gasteiger charge is 2.21. The van der Waals surface area contributed by atoms with Crippen LogP contribution in [0.15, 0.2) is 46.9 Å². The van der Waals surface area contributed by atoms with Crippen LogP contribution in [0.5, 0.6) is 5.75 Å². The molecule has 0 saturated carbocycles. The van der Waals surface area contributed by atoms with E-state index in [1.165, 1.54) is 12.1 Å². The minimum absolute atomic E-state index is 0.257. The minimum atomic E-state index is -0.343. The van der Waals surface area contributed by atoms with Crippen molar-refractivity contribution < 1.29 is 18.3 Å². The monoisotopic (exact) mass is 313 g/mol. The van der Waals surface area contributed by atoms with E-state index in [4.69, 9.17) is 9.15 Å². The number of benzene rings is 2. The maximum absolute atomic E-state index is 13.1. The number of halogens is 1. The quantitative estimate of drug-likeness (QED) is 0.792. The largest absolute Gasteiger partial charge is 0.494 e. The molecular formula is C18H16FNO3. The van der Waals surface area contributed by atoms with Crippen LogP contribution >= 0.6 is 0 Å². The number of furan rings is 1. The Morgan fingerprint density at radius 2 is 1.96 bits per heavy atom. The molecule has 1 amide bonds. The zero-order chi connectivity index (χ0) is 16.4. The number of ether oxygens (including phenoxy) is 1. The lowest BCUT2D eigenvalue weighted by Crippen LogP contribution is -2.18. The molecule has 5 heteroatoms. The third kappa shape index (κ3) is 2.77. The summed E-state index contributed by atoms with van der Waals surface area (Å²) in [6.07, 6.45) is 0. The fraction of sp³-hybridized carbons (Fsp3) is 0.167. The summed E-state index contributed by atoms with van der Waals surface area (Å²) in [6.45, 7) is 2.44. The van der Waals surface area contributed by atoms with E-state index in [1.807, 2.05) is 6.92 Å². The number of carbonyl (C=O) groups is 1. The summed E-state index contributed by atoms with van der Waals surface area (Å²) in [5.41, 5.74) is 1.62. The maximum atomic E-state index is 13.1. The lowest BCUT2D eigenvalue weighted by Gasteiger charge is -2.03. The Bertz CT molecular complexity index is 853. The van der Waals surface area contributed by atoms with Gasteiger partial charge < -0.3 is 14.5 Å². The number of hydrogen-bond acceptors (Lipinski definition) is 3. The number of carbonyl (C=O) groups excluding carboxylic acids is 1. The molecular weight excluding hydrogens is 297 g/mol. The van der Waals surface area contributed by atoms with E-state index in [2.05, 4.69) is 5.32 Å². The summed E-state index contributed by atoms with van der Waals surface area (Å²) in [5.74, 6) is 0.480. The summed E-state index contributed by atoms with van der Waals surface area (Å²) in [4.78, 5) is 12.3. The molecule has 0 aliphatic heterocycles. The van der Waals surface area contributed by atoms with E-state index in [-0.39, 0.29) is 11.7 Å². The third-order valence-corrected chi connectivity index (χ3v) is 3.53. The van der Waals surface area contributed by atoms with Crippen LogP contribution in [0, 0.1) is 5.82 Å². The molecule has 118 valence electrons. The van der Waals surface area contributed by atoms with Crippen molar-refractivity contribution in [3.8, 4) is 17.1 Å². The average molecular weight is 313 g/mol. The average Bonchev–Trinajstić information content (AvgIpc) is 2.93. The first-order chi connectivity index (χ1) is 11.1. The minimum Gasteiger partial charge on any atom is -0.494 e. The fourth-order valence-corrected chi connectivity index (χ4v) is 2.49. The predicted molar refractivity (Wildman–Crippen MR) is 86.2 cm³/mol. The Balaban J connectivity index is 2.22. The summed E-state index contributed by atoms with van der Waals surface area (Å²) >= 11 is 0. The molecule has 0 spiro atoms. The van der Waals surface area contributed by atoms with Crippen LogP contribution < -0.4 is 10.1 Å². The van der Waals surface area contributed by atoms with Crippen LogP contribution in [0.2, 0.25) is 0 Å². The molecule has 1 N–H and O–H groups in total. The molecule has 0 fully saturated rings. The van der Waals surface area contributed by atoms with E-state index >= 15 is 0 Å². The van der Waals surface area contributed by atoms with Crippen molar-refractivity contribution in [3.05, 3.63) is 53.8 Å². The smallest absolute Gasteiger partial charge is 0.255 e. The van der Waals surface area contributed by atoms with Crippen molar-refractivity contribution >= 4 is 16.9 Å². The lowest BCUT2D eigenvalue weighted by atomic mass is 10.0. The molecule has 3 aromatic rings. The van der Waals surface area contributed by atoms with Crippen LogP contribution in [-0.2, 0) is 0 Å². The fourth-order valence-electron chi connectivity index (χ4n) is 2.49. The molecule has 0 bridgehead atoms. The van der Waals surface area contributed by atoms with Gasteiger partial charge in [0.15, 0.2) is 0 Å². The van der Waals surface area contributed by atoms with Gasteiger partial charge in [-0.05, 0) is 43.3 Å². The van der Waals surface area contributed by atoms with Crippen LogP contribution in [0.3, 0.4) is 0 Å². The first-order valence-corrected chi connectivity index (χ1v) is 7.31. The highest BCUT2D eigenvalue weighted by Crippen LogP contribution is 2.35. The third-order valence-electron chi connectivity index (χ3n) is 3.53. The van der Waals surface area contributed by atoms with Crippen molar-refractivity contribution in [2.75, 3.05) is 13.7 Å². The van der Waals surface area contributed by atoms with Gasteiger partial charge in [-0.25, -0.2) is 4.39 Å². The molecule has 0 aliphatic rings. The Kier molecular flexibility index (Phi) is 4.02. The Hall–Kier alpha value is -2.82. The predicted octanol–water partition coefficient (Wildman–Crippen LogP) is 4.00. The van der Waals surface area contributed by atoms with Gasteiger partial charge in [-0.2, -0.15) is 0 Å². The van der Waals surface area contributed by atoms with Crippen molar-refractivity contribution in [1.29, 1.82) is 0 Å². The van der Waals surface area contributed by atoms with E-state index in [9.17, 15) is 9.18 Å². The molecule has 3 rings (SSSR count). The highest BCUT2D eigenvalue weighted by molar-refractivity contribution is 6.11. The number of amides is 1. The molecule has 23 heavy (non-hydrogen) atoms. The zero-order valence-electron chi connectivity index (χ0n) is 12.9. The van der Waals surface area contributed by atoms with Gasteiger partial charge >= 0.3 is 0 Å². The number of nitrogens with one attached hydrogen (secondary N) is 1. The molecule has 4 nitrogen and oxygen atoms in total. The van der Waals surface area contributed by atoms with Gasteiger partial charge in [0.2, 0.25) is 0 Å². The second kappa shape index (κ2) is 6.12. The number of hydrogen-bond donors (Lipinski definition) is 1.